The van der Waals surface area contributed by atoms with E-state index in [2.05, 4.69) is 0 Å². The van der Waals surface area contributed by atoms with Crippen molar-refractivity contribution in [1.29, 1.82) is 0 Å². The third-order valence-corrected chi connectivity index (χ3v) is 4.58. The molecule has 0 saturated heterocycles. The summed E-state index contributed by atoms with van der Waals surface area (Å²) in [6.45, 7) is 4.51. The van der Waals surface area contributed by atoms with Crippen LogP contribution in [0.4, 0.5) is 0 Å². The number of hydrogen-bond donors (Lipinski definition) is 0. The van der Waals surface area contributed by atoms with Gasteiger partial charge in [-0.05, 0) is 32.6 Å². The van der Waals surface area contributed by atoms with Gasteiger partial charge in [0.25, 0.3) is 0 Å². The van der Waals surface area contributed by atoms with Gasteiger partial charge in [0, 0.05) is 5.82 Å². The molecular formula is C12H23O3P. The Hall–Kier alpha value is -0.110. The molecule has 1 saturated carbocycles. The van der Waals surface area contributed by atoms with E-state index in [0.29, 0.717) is 19.1 Å². The van der Waals surface area contributed by atoms with E-state index in [1.807, 2.05) is 19.9 Å². The third-order valence-electron chi connectivity index (χ3n) is 2.81. The van der Waals surface area contributed by atoms with Crippen LogP contribution >= 0.6 is 7.60 Å². The number of allylic oxidation sites excluding steroid dienone is 1. The molecule has 0 aromatic carbocycles. The Morgan fingerprint density at radius 2 is 1.69 bits per heavy atom. The molecule has 16 heavy (non-hydrogen) atoms. The van der Waals surface area contributed by atoms with Gasteiger partial charge in [-0.1, -0.05) is 25.3 Å². The molecule has 0 N–H and O–H groups in total. The minimum atomic E-state index is -2.97. The lowest BCUT2D eigenvalue weighted by molar-refractivity contribution is 0.228. The highest BCUT2D eigenvalue weighted by Crippen LogP contribution is 2.50. The maximum absolute atomic E-state index is 12.1. The Labute approximate surface area is 98.7 Å². The van der Waals surface area contributed by atoms with E-state index in [1.165, 1.54) is 32.1 Å². The summed E-state index contributed by atoms with van der Waals surface area (Å²) in [6, 6.07) is 0. The molecule has 1 rings (SSSR count). The van der Waals surface area contributed by atoms with Gasteiger partial charge in [0.2, 0.25) is 0 Å². The van der Waals surface area contributed by atoms with Gasteiger partial charge in [0.15, 0.2) is 0 Å². The van der Waals surface area contributed by atoms with Crippen molar-refractivity contribution in [2.75, 3.05) is 13.2 Å². The molecule has 1 fully saturated rings. The summed E-state index contributed by atoms with van der Waals surface area (Å²) in [5, 5.41) is 0. The standard InChI is InChI=1S/C12H23O3P/c1-3-14-16(13,15-4-2)11-10-12-8-6-5-7-9-12/h10-12H,3-9H2,1-2H3. The summed E-state index contributed by atoms with van der Waals surface area (Å²) >= 11 is 0. The van der Waals surface area contributed by atoms with Gasteiger partial charge < -0.3 is 9.05 Å². The Morgan fingerprint density at radius 1 is 1.12 bits per heavy atom. The molecule has 1 aliphatic carbocycles. The van der Waals surface area contributed by atoms with Crippen molar-refractivity contribution in [2.24, 2.45) is 5.92 Å². The smallest absolute Gasteiger partial charge is 0.306 e. The highest BCUT2D eigenvalue weighted by atomic mass is 31.2. The zero-order valence-corrected chi connectivity index (χ0v) is 11.2. The molecule has 3 nitrogen and oxygen atoms in total. The van der Waals surface area contributed by atoms with Gasteiger partial charge in [-0.2, -0.15) is 0 Å². The van der Waals surface area contributed by atoms with E-state index in [4.69, 9.17) is 9.05 Å². The topological polar surface area (TPSA) is 35.5 Å². The molecule has 0 spiro atoms. The highest BCUT2D eigenvalue weighted by Gasteiger charge is 2.20. The Kier molecular flexibility index (Phi) is 6.33. The van der Waals surface area contributed by atoms with E-state index in [0.717, 1.165) is 0 Å². The fourth-order valence-corrected chi connectivity index (χ4v) is 3.46. The van der Waals surface area contributed by atoms with Crippen LogP contribution < -0.4 is 0 Å². The molecule has 0 aromatic rings. The summed E-state index contributed by atoms with van der Waals surface area (Å²) in [7, 11) is -2.97. The van der Waals surface area contributed by atoms with E-state index in [1.54, 1.807) is 5.82 Å². The second kappa shape index (κ2) is 7.26. The lowest BCUT2D eigenvalue weighted by atomic mass is 9.90. The number of rotatable bonds is 6. The van der Waals surface area contributed by atoms with Gasteiger partial charge in [0.1, 0.15) is 0 Å². The molecule has 94 valence electrons. The van der Waals surface area contributed by atoms with Crippen molar-refractivity contribution in [2.45, 2.75) is 46.0 Å². The summed E-state index contributed by atoms with van der Waals surface area (Å²) in [4.78, 5) is 0. The molecule has 1 aliphatic rings. The maximum Gasteiger partial charge on any atom is 0.353 e. The van der Waals surface area contributed by atoms with E-state index in [9.17, 15) is 4.57 Å². The van der Waals surface area contributed by atoms with Crippen LogP contribution in [0.25, 0.3) is 0 Å². The maximum atomic E-state index is 12.1. The zero-order valence-electron chi connectivity index (χ0n) is 10.4. The van der Waals surface area contributed by atoms with Crippen LogP contribution in [0.15, 0.2) is 11.9 Å². The molecule has 0 bridgehead atoms. The predicted octanol–water partition coefficient (Wildman–Crippen LogP) is 4.35. The fourth-order valence-electron chi connectivity index (χ4n) is 2.04. The average Bonchev–Trinajstić information content (AvgIpc) is 2.29. The van der Waals surface area contributed by atoms with Crippen LogP contribution in [0.1, 0.15) is 46.0 Å². The molecule has 0 aliphatic heterocycles. The molecule has 0 radical (unpaired) electrons. The SMILES string of the molecule is CCOP(=O)(C=CC1CCCCC1)OCC. The first-order valence-electron chi connectivity index (χ1n) is 6.28. The molecule has 0 atom stereocenters. The Bertz CT molecular complexity index is 247. The van der Waals surface area contributed by atoms with Crippen molar-refractivity contribution >= 4 is 7.60 Å². The quantitative estimate of drug-likeness (QED) is 0.654. The largest absolute Gasteiger partial charge is 0.353 e. The summed E-state index contributed by atoms with van der Waals surface area (Å²) < 4.78 is 22.5. The van der Waals surface area contributed by atoms with Crippen molar-refractivity contribution < 1.29 is 13.6 Å². The lowest BCUT2D eigenvalue weighted by Gasteiger charge is -2.19. The molecule has 0 amide bonds. The van der Waals surface area contributed by atoms with Crippen molar-refractivity contribution in [3.8, 4) is 0 Å². The zero-order chi connectivity index (χ0) is 11.9. The first kappa shape index (κ1) is 14.0. The highest BCUT2D eigenvalue weighted by molar-refractivity contribution is 7.57. The predicted molar refractivity (Wildman–Crippen MR) is 66.6 cm³/mol. The monoisotopic (exact) mass is 246 g/mol. The Balaban J connectivity index is 2.52. The second-order valence-electron chi connectivity index (χ2n) is 4.11. The van der Waals surface area contributed by atoms with Crippen LogP contribution in [0.2, 0.25) is 0 Å². The fraction of sp³-hybridized carbons (Fsp3) is 0.833. The van der Waals surface area contributed by atoms with Crippen molar-refractivity contribution in [3.05, 3.63) is 11.9 Å². The molecule has 0 unspecified atom stereocenters. The summed E-state index contributed by atoms with van der Waals surface area (Å²) in [5.74, 6) is 2.22. The van der Waals surface area contributed by atoms with E-state index in [-0.39, 0.29) is 0 Å². The van der Waals surface area contributed by atoms with Gasteiger partial charge in [-0.3, -0.25) is 4.57 Å². The van der Waals surface area contributed by atoms with Crippen LogP contribution in [0, 0.1) is 5.92 Å². The van der Waals surface area contributed by atoms with Crippen LogP contribution in [0.5, 0.6) is 0 Å². The van der Waals surface area contributed by atoms with Crippen molar-refractivity contribution in [1.82, 2.24) is 0 Å². The van der Waals surface area contributed by atoms with E-state index >= 15 is 0 Å². The van der Waals surface area contributed by atoms with Gasteiger partial charge in [-0.25, -0.2) is 0 Å². The minimum absolute atomic E-state index is 0.423. The van der Waals surface area contributed by atoms with Crippen molar-refractivity contribution in [3.63, 3.8) is 0 Å². The number of hydrogen-bond acceptors (Lipinski definition) is 3. The van der Waals surface area contributed by atoms with Gasteiger partial charge in [-0.15, -0.1) is 0 Å². The molecule has 0 aromatic heterocycles. The molecule has 0 heterocycles. The minimum Gasteiger partial charge on any atom is -0.306 e. The molecular weight excluding hydrogens is 223 g/mol. The normalized spacial score (nSPS) is 19.4. The van der Waals surface area contributed by atoms with Gasteiger partial charge in [0.05, 0.1) is 13.2 Å². The lowest BCUT2D eigenvalue weighted by Crippen LogP contribution is -2.03. The van der Waals surface area contributed by atoms with Gasteiger partial charge >= 0.3 is 7.60 Å². The van der Waals surface area contributed by atoms with Crippen LogP contribution in [-0.4, -0.2) is 13.2 Å². The molecule has 4 heteroatoms. The summed E-state index contributed by atoms with van der Waals surface area (Å²) in [5.41, 5.74) is 0. The summed E-state index contributed by atoms with van der Waals surface area (Å²) in [6.07, 6.45) is 8.33. The average molecular weight is 246 g/mol. The van der Waals surface area contributed by atoms with E-state index < -0.39 is 7.60 Å². The first-order chi connectivity index (χ1) is 7.70. The first-order valence-corrected chi connectivity index (χ1v) is 7.89. The van der Waals surface area contributed by atoms with Crippen LogP contribution in [-0.2, 0) is 13.6 Å². The Morgan fingerprint density at radius 3 is 2.19 bits per heavy atom. The van der Waals surface area contributed by atoms with Crippen LogP contribution in [0.3, 0.4) is 0 Å². The third kappa shape index (κ3) is 4.82. The second-order valence-corrected chi connectivity index (χ2v) is 6.01.